The Labute approximate surface area is 217 Å². The van der Waals surface area contributed by atoms with Gasteiger partial charge in [0.05, 0.1) is 22.2 Å². The minimum absolute atomic E-state index is 0.0380. The first kappa shape index (κ1) is 23.4. The first-order chi connectivity index (χ1) is 17.1. The van der Waals surface area contributed by atoms with E-state index >= 15 is 0 Å². The second-order valence-corrected chi connectivity index (χ2v) is 13.1. The molecule has 7 rings (SSSR count). The Kier molecular flexibility index (Phi) is 4.82. The number of benzene rings is 1. The van der Waals surface area contributed by atoms with Crippen LogP contribution < -0.4 is 0 Å². The van der Waals surface area contributed by atoms with Crippen molar-refractivity contribution in [1.82, 2.24) is 9.88 Å². The molecule has 6 heteroatoms. The van der Waals surface area contributed by atoms with E-state index in [4.69, 9.17) is 16.3 Å². The lowest BCUT2D eigenvalue weighted by atomic mass is 9.54. The summed E-state index contributed by atoms with van der Waals surface area (Å²) in [6.07, 6.45) is 11.6. The van der Waals surface area contributed by atoms with Crippen molar-refractivity contribution in [2.75, 3.05) is 14.1 Å². The molecule has 1 aromatic heterocycles. The van der Waals surface area contributed by atoms with Gasteiger partial charge in [-0.1, -0.05) is 31.2 Å². The molecule has 3 heterocycles. The Hall–Kier alpha value is -1.76. The standard InChI is InChI=1S/C30H35ClN2O3/c1-27-9-11-29(31)15-22-25(34)26(35)23(33(2)3)16-28(22)10-12-30(29,36-28)24(27)7-6-21(27)19-4-5-20-17-32-13-8-18(20)14-19/h4-6,8,13-15,17,23-26,34-35H,7,9-12,16H2,1-3H3. The number of nitrogens with zero attached hydrogens (tertiary/aromatic N) is 2. The van der Waals surface area contributed by atoms with Crippen molar-refractivity contribution in [2.24, 2.45) is 11.3 Å². The topological polar surface area (TPSA) is 65.8 Å². The zero-order chi connectivity index (χ0) is 25.1. The van der Waals surface area contributed by atoms with Crippen molar-refractivity contribution in [3.63, 3.8) is 0 Å². The van der Waals surface area contributed by atoms with E-state index in [9.17, 15) is 10.2 Å². The van der Waals surface area contributed by atoms with Crippen LogP contribution in [0.5, 0.6) is 0 Å². The summed E-state index contributed by atoms with van der Waals surface area (Å²) in [7, 11) is 3.94. The van der Waals surface area contributed by atoms with Crippen LogP contribution in [0.1, 0.15) is 51.0 Å². The molecule has 1 aromatic carbocycles. The predicted octanol–water partition coefficient (Wildman–Crippen LogP) is 4.70. The third kappa shape index (κ3) is 2.79. The van der Waals surface area contributed by atoms with Crippen LogP contribution in [-0.4, -0.2) is 68.5 Å². The zero-order valence-corrected chi connectivity index (χ0v) is 22.0. The van der Waals surface area contributed by atoms with E-state index in [1.165, 1.54) is 16.5 Å². The minimum atomic E-state index is -0.949. The molecule has 2 aliphatic heterocycles. The number of aromatic nitrogens is 1. The lowest BCUT2D eigenvalue weighted by molar-refractivity contribution is -0.199. The predicted molar refractivity (Wildman–Crippen MR) is 142 cm³/mol. The molecule has 3 fully saturated rings. The maximum atomic E-state index is 11.2. The number of aliphatic hydroxyl groups excluding tert-OH is 2. The normalized spacial score (nSPS) is 45.2. The highest BCUT2D eigenvalue weighted by molar-refractivity contribution is 6.26. The molecule has 5 nitrogen and oxygen atoms in total. The van der Waals surface area contributed by atoms with Crippen LogP contribution in [0.2, 0.25) is 0 Å². The number of ether oxygens (including phenoxy) is 1. The van der Waals surface area contributed by atoms with Crippen molar-refractivity contribution < 1.29 is 14.9 Å². The molecule has 1 saturated heterocycles. The van der Waals surface area contributed by atoms with Gasteiger partial charge in [0.2, 0.25) is 0 Å². The van der Waals surface area contributed by atoms with Crippen LogP contribution in [0.4, 0.5) is 0 Å². The Morgan fingerprint density at radius 3 is 2.72 bits per heavy atom. The second kappa shape index (κ2) is 7.42. The lowest BCUT2D eigenvalue weighted by Gasteiger charge is -2.61. The molecular formula is C30H35ClN2O3. The van der Waals surface area contributed by atoms with Gasteiger partial charge in [0.15, 0.2) is 0 Å². The van der Waals surface area contributed by atoms with E-state index in [1.54, 1.807) is 0 Å². The highest BCUT2D eigenvalue weighted by atomic mass is 35.5. The average molecular weight is 507 g/mol. The van der Waals surface area contributed by atoms with Gasteiger partial charge in [-0.05, 0) is 92.3 Å². The van der Waals surface area contributed by atoms with Crippen molar-refractivity contribution >= 4 is 27.9 Å². The number of halogens is 1. The summed E-state index contributed by atoms with van der Waals surface area (Å²) < 4.78 is 7.28. The van der Waals surface area contributed by atoms with Gasteiger partial charge in [-0.3, -0.25) is 4.98 Å². The van der Waals surface area contributed by atoms with Crippen molar-refractivity contribution in [2.45, 2.75) is 79.8 Å². The fourth-order valence-corrected chi connectivity index (χ4v) is 9.16. The van der Waals surface area contributed by atoms with Gasteiger partial charge < -0.3 is 19.8 Å². The quantitative estimate of drug-likeness (QED) is 0.456. The molecule has 2 N–H and O–H groups in total. The first-order valence-electron chi connectivity index (χ1n) is 13.3. The fourth-order valence-electron chi connectivity index (χ4n) is 8.68. The molecule has 8 unspecified atom stereocenters. The van der Waals surface area contributed by atoms with E-state index in [2.05, 4.69) is 48.3 Å². The van der Waals surface area contributed by atoms with Crippen LogP contribution in [0, 0.1) is 11.3 Å². The van der Waals surface area contributed by atoms with Gasteiger partial charge in [0.1, 0.15) is 6.10 Å². The van der Waals surface area contributed by atoms with Crippen LogP contribution >= 0.6 is 11.6 Å². The molecule has 190 valence electrons. The van der Waals surface area contributed by atoms with Crippen LogP contribution in [0.3, 0.4) is 0 Å². The van der Waals surface area contributed by atoms with Gasteiger partial charge in [-0.15, -0.1) is 11.6 Å². The Balaban J connectivity index is 1.30. The Morgan fingerprint density at radius 2 is 1.92 bits per heavy atom. The molecule has 2 aromatic rings. The number of pyridine rings is 1. The number of hydrogen-bond acceptors (Lipinski definition) is 5. The SMILES string of the molecule is CN(C)C1CC23CCC4(O2)C2CC=C(c5ccc6cnccc6c5)C2(C)CCC4(Cl)C=C3C(O)C1O. The van der Waals surface area contributed by atoms with Gasteiger partial charge in [-0.25, -0.2) is 0 Å². The summed E-state index contributed by atoms with van der Waals surface area (Å²) in [5.41, 5.74) is 2.43. The summed E-state index contributed by atoms with van der Waals surface area (Å²) in [6, 6.07) is 8.63. The Bertz CT molecular complexity index is 1320. The summed E-state index contributed by atoms with van der Waals surface area (Å²) >= 11 is 7.55. The third-order valence-corrected chi connectivity index (χ3v) is 11.2. The largest absolute Gasteiger partial charge is 0.388 e. The van der Waals surface area contributed by atoms with Crippen molar-refractivity contribution in [3.8, 4) is 0 Å². The number of hydrogen-bond donors (Lipinski definition) is 2. The number of allylic oxidation sites excluding steroid dienone is 2. The second-order valence-electron chi connectivity index (χ2n) is 12.4. The van der Waals surface area contributed by atoms with E-state index in [-0.39, 0.29) is 17.4 Å². The maximum absolute atomic E-state index is 11.2. The average Bonchev–Trinajstić information content (AvgIpc) is 3.39. The third-order valence-electron chi connectivity index (χ3n) is 10.6. The number of alkyl halides is 1. The molecule has 2 spiro atoms. The molecular weight excluding hydrogens is 472 g/mol. The zero-order valence-electron chi connectivity index (χ0n) is 21.2. The van der Waals surface area contributed by atoms with Gasteiger partial charge >= 0.3 is 0 Å². The smallest absolute Gasteiger partial charge is 0.105 e. The number of aliphatic hydroxyl groups is 2. The number of rotatable bonds is 2. The highest BCUT2D eigenvalue weighted by Crippen LogP contribution is 2.71. The van der Waals surface area contributed by atoms with E-state index in [0.29, 0.717) is 6.42 Å². The van der Waals surface area contributed by atoms with Gasteiger partial charge in [0, 0.05) is 29.7 Å². The first-order valence-corrected chi connectivity index (χ1v) is 13.7. The van der Waals surface area contributed by atoms with Gasteiger partial charge in [-0.2, -0.15) is 0 Å². The van der Waals surface area contributed by atoms with E-state index < -0.39 is 28.3 Å². The minimum Gasteiger partial charge on any atom is -0.388 e. The highest BCUT2D eigenvalue weighted by Gasteiger charge is 2.73. The molecule has 8 atom stereocenters. The van der Waals surface area contributed by atoms with Gasteiger partial charge in [0.25, 0.3) is 0 Å². The maximum Gasteiger partial charge on any atom is 0.105 e. The molecule has 36 heavy (non-hydrogen) atoms. The van der Waals surface area contributed by atoms with Crippen LogP contribution in [-0.2, 0) is 4.74 Å². The van der Waals surface area contributed by atoms with Crippen molar-refractivity contribution in [1.29, 1.82) is 0 Å². The summed E-state index contributed by atoms with van der Waals surface area (Å²) in [6.45, 7) is 2.41. The fraction of sp³-hybridized carbons (Fsp3) is 0.567. The number of likely N-dealkylation sites (N-methyl/N-ethyl adjacent to an activating group) is 1. The summed E-state index contributed by atoms with van der Waals surface area (Å²) in [5, 5.41) is 24.5. The monoisotopic (exact) mass is 506 g/mol. The molecule has 0 amide bonds. The van der Waals surface area contributed by atoms with Crippen LogP contribution in [0.25, 0.3) is 16.3 Å². The van der Waals surface area contributed by atoms with Crippen molar-refractivity contribution in [3.05, 3.63) is 59.9 Å². The summed E-state index contributed by atoms with van der Waals surface area (Å²) in [4.78, 5) is 5.62. The Morgan fingerprint density at radius 1 is 1.08 bits per heavy atom. The van der Waals surface area contributed by atoms with Crippen LogP contribution in [0.15, 0.2) is 54.4 Å². The number of fused-ring (bicyclic) bond motifs is 2. The summed E-state index contributed by atoms with van der Waals surface area (Å²) in [5.74, 6) is 0.262. The molecule has 3 aliphatic carbocycles. The van der Waals surface area contributed by atoms with E-state index in [0.717, 1.165) is 43.1 Å². The molecule has 2 bridgehead atoms. The molecule has 0 radical (unpaired) electrons. The molecule has 5 aliphatic rings. The molecule has 2 saturated carbocycles. The van der Waals surface area contributed by atoms with E-state index in [1.807, 2.05) is 31.4 Å². The lowest BCUT2D eigenvalue weighted by Crippen LogP contribution is -2.68.